The molecule has 112 valence electrons. The van der Waals surface area contributed by atoms with Crippen molar-refractivity contribution < 1.29 is 18.0 Å². The van der Waals surface area contributed by atoms with Gasteiger partial charge in [-0.25, -0.2) is 0 Å². The molecule has 0 bridgehead atoms. The lowest BCUT2D eigenvalue weighted by Crippen LogP contribution is -2.64. The first-order valence-electron chi connectivity index (χ1n) is 6.79. The minimum Gasteiger partial charge on any atom is -0.399 e. The molecule has 0 aliphatic carbocycles. The highest BCUT2D eigenvalue weighted by Crippen LogP contribution is 2.43. The van der Waals surface area contributed by atoms with Crippen molar-refractivity contribution in [3.8, 4) is 0 Å². The standard InChI is InChI=1S/C14H23NO4Si/c1-16-20(17-2,18-3)14(10-4-5-11-19-14)12-6-8-13(15)9-7-12/h6-9H,4-5,10-11,15H2,1-3H3. The Morgan fingerprint density at radius 1 is 1.05 bits per heavy atom. The Hall–Kier alpha value is -0.923. The fourth-order valence-corrected chi connectivity index (χ4v) is 5.71. The molecule has 0 spiro atoms. The predicted molar refractivity (Wildman–Crippen MR) is 79.1 cm³/mol. The second kappa shape index (κ2) is 6.24. The van der Waals surface area contributed by atoms with Crippen molar-refractivity contribution in [3.63, 3.8) is 0 Å². The van der Waals surface area contributed by atoms with Gasteiger partial charge in [-0.1, -0.05) is 12.1 Å². The number of nitrogens with two attached hydrogens (primary N) is 1. The molecular weight excluding hydrogens is 274 g/mol. The van der Waals surface area contributed by atoms with Gasteiger partial charge in [0.1, 0.15) is 0 Å². The molecule has 1 aliphatic rings. The van der Waals surface area contributed by atoms with E-state index >= 15 is 0 Å². The summed E-state index contributed by atoms with van der Waals surface area (Å²) in [5.74, 6) is 0. The van der Waals surface area contributed by atoms with E-state index in [2.05, 4.69) is 0 Å². The van der Waals surface area contributed by atoms with Crippen molar-refractivity contribution in [2.45, 2.75) is 24.5 Å². The van der Waals surface area contributed by atoms with E-state index in [1.807, 2.05) is 24.3 Å². The van der Waals surface area contributed by atoms with Crippen LogP contribution in [0.4, 0.5) is 5.69 Å². The van der Waals surface area contributed by atoms with Gasteiger partial charge in [-0.05, 0) is 37.0 Å². The summed E-state index contributed by atoms with van der Waals surface area (Å²) in [6, 6.07) is 7.68. The summed E-state index contributed by atoms with van der Waals surface area (Å²) in [6.45, 7) is 0.676. The van der Waals surface area contributed by atoms with Gasteiger partial charge in [0.25, 0.3) is 0 Å². The largest absolute Gasteiger partial charge is 0.538 e. The maximum atomic E-state index is 6.18. The van der Waals surface area contributed by atoms with Gasteiger partial charge in [0.05, 0.1) is 0 Å². The summed E-state index contributed by atoms with van der Waals surface area (Å²) in [6.07, 6.45) is 2.91. The van der Waals surface area contributed by atoms with Crippen LogP contribution in [0.5, 0.6) is 0 Å². The quantitative estimate of drug-likeness (QED) is 0.666. The average molecular weight is 297 g/mol. The van der Waals surface area contributed by atoms with Crippen LogP contribution in [-0.2, 0) is 23.2 Å². The van der Waals surface area contributed by atoms with E-state index in [-0.39, 0.29) is 0 Å². The number of anilines is 1. The van der Waals surface area contributed by atoms with Crippen molar-refractivity contribution in [2.75, 3.05) is 33.7 Å². The van der Waals surface area contributed by atoms with Gasteiger partial charge in [0, 0.05) is 33.6 Å². The van der Waals surface area contributed by atoms with Crippen molar-refractivity contribution >= 4 is 14.5 Å². The smallest absolute Gasteiger partial charge is 0.399 e. The van der Waals surface area contributed by atoms with Crippen molar-refractivity contribution in [3.05, 3.63) is 29.8 Å². The molecule has 1 heterocycles. The first-order valence-corrected chi connectivity index (χ1v) is 8.52. The lowest BCUT2D eigenvalue weighted by atomic mass is 10.00. The number of hydrogen-bond acceptors (Lipinski definition) is 5. The molecule has 1 unspecified atom stereocenters. The first-order chi connectivity index (χ1) is 9.64. The molecule has 1 aromatic carbocycles. The van der Waals surface area contributed by atoms with Crippen LogP contribution in [-0.4, -0.2) is 36.7 Å². The van der Waals surface area contributed by atoms with Gasteiger partial charge in [0.15, 0.2) is 5.22 Å². The monoisotopic (exact) mass is 297 g/mol. The Morgan fingerprint density at radius 3 is 2.10 bits per heavy atom. The zero-order chi connectivity index (χ0) is 14.6. The maximum Gasteiger partial charge on any atom is 0.538 e. The molecule has 1 aliphatic heterocycles. The Bertz CT molecular complexity index is 419. The molecular formula is C14H23NO4Si. The van der Waals surface area contributed by atoms with E-state index in [4.69, 9.17) is 23.7 Å². The second-order valence-corrected chi connectivity index (χ2v) is 8.07. The molecule has 20 heavy (non-hydrogen) atoms. The highest BCUT2D eigenvalue weighted by molar-refractivity contribution is 6.63. The molecule has 6 heteroatoms. The van der Waals surface area contributed by atoms with Gasteiger partial charge in [0.2, 0.25) is 0 Å². The molecule has 1 fully saturated rings. The van der Waals surface area contributed by atoms with E-state index in [1.165, 1.54) is 0 Å². The molecule has 0 amide bonds. The second-order valence-electron chi connectivity index (χ2n) is 4.92. The van der Waals surface area contributed by atoms with Crippen molar-refractivity contribution in [1.82, 2.24) is 0 Å². The Kier molecular flexibility index (Phi) is 4.82. The minimum absolute atomic E-state index is 0.656. The number of hydrogen-bond donors (Lipinski definition) is 1. The van der Waals surface area contributed by atoms with Crippen LogP contribution in [0.3, 0.4) is 0 Å². The van der Waals surface area contributed by atoms with Gasteiger partial charge >= 0.3 is 8.80 Å². The number of nitrogen functional groups attached to an aromatic ring is 1. The number of ether oxygens (including phenoxy) is 1. The third-order valence-corrected chi connectivity index (χ3v) is 7.23. The SMILES string of the molecule is CO[Si](OC)(OC)C1(c2ccc(N)cc2)CCCCO1. The molecule has 1 saturated heterocycles. The highest BCUT2D eigenvalue weighted by atomic mass is 28.4. The zero-order valence-electron chi connectivity index (χ0n) is 12.3. The molecule has 0 radical (unpaired) electrons. The van der Waals surface area contributed by atoms with Crippen LogP contribution in [0.2, 0.25) is 0 Å². The van der Waals surface area contributed by atoms with Gasteiger partial charge in [-0.2, -0.15) is 0 Å². The summed E-state index contributed by atoms with van der Waals surface area (Å²) in [5, 5.41) is -0.656. The van der Waals surface area contributed by atoms with Crippen LogP contribution < -0.4 is 5.73 Å². The lowest BCUT2D eigenvalue weighted by Gasteiger charge is -2.45. The minimum atomic E-state index is -2.99. The lowest BCUT2D eigenvalue weighted by molar-refractivity contribution is -0.0873. The summed E-state index contributed by atoms with van der Waals surface area (Å²) in [5.41, 5.74) is 7.51. The van der Waals surface area contributed by atoms with E-state index in [0.717, 1.165) is 30.5 Å². The average Bonchev–Trinajstić information content (AvgIpc) is 2.51. The third kappa shape index (κ3) is 2.38. The van der Waals surface area contributed by atoms with Crippen LogP contribution in [0, 0.1) is 0 Å². The molecule has 0 saturated carbocycles. The van der Waals surface area contributed by atoms with Gasteiger partial charge in [-0.3, -0.25) is 0 Å². The summed E-state index contributed by atoms with van der Waals surface area (Å²) < 4.78 is 23.3. The van der Waals surface area contributed by atoms with Crippen LogP contribution >= 0.6 is 0 Å². The van der Waals surface area contributed by atoms with Gasteiger partial charge in [-0.15, -0.1) is 0 Å². The molecule has 5 nitrogen and oxygen atoms in total. The molecule has 2 N–H and O–H groups in total. The summed E-state index contributed by atoms with van der Waals surface area (Å²) in [7, 11) is 1.88. The Balaban J connectivity index is 2.52. The van der Waals surface area contributed by atoms with E-state index in [1.54, 1.807) is 21.3 Å². The van der Waals surface area contributed by atoms with E-state index < -0.39 is 14.0 Å². The van der Waals surface area contributed by atoms with E-state index in [9.17, 15) is 0 Å². The van der Waals surface area contributed by atoms with Crippen LogP contribution in [0.15, 0.2) is 24.3 Å². The predicted octanol–water partition coefficient (Wildman–Crippen LogP) is 2.08. The van der Waals surface area contributed by atoms with Crippen molar-refractivity contribution in [2.24, 2.45) is 0 Å². The highest BCUT2D eigenvalue weighted by Gasteiger charge is 2.62. The molecule has 2 rings (SSSR count). The molecule has 1 aromatic rings. The Labute approximate surface area is 121 Å². The van der Waals surface area contributed by atoms with E-state index in [0.29, 0.717) is 6.61 Å². The topological polar surface area (TPSA) is 62.9 Å². The van der Waals surface area contributed by atoms with Crippen LogP contribution in [0.1, 0.15) is 24.8 Å². The normalized spacial score (nSPS) is 23.8. The van der Waals surface area contributed by atoms with Gasteiger partial charge < -0.3 is 23.7 Å². The zero-order valence-corrected chi connectivity index (χ0v) is 13.3. The molecule has 0 aromatic heterocycles. The first kappa shape index (κ1) is 15.5. The van der Waals surface area contributed by atoms with Crippen LogP contribution in [0.25, 0.3) is 0 Å². The summed E-state index contributed by atoms with van der Waals surface area (Å²) >= 11 is 0. The Morgan fingerprint density at radius 2 is 1.65 bits per heavy atom. The number of rotatable bonds is 5. The maximum absolute atomic E-state index is 6.18. The molecule has 1 atom stereocenters. The summed E-state index contributed by atoms with van der Waals surface area (Å²) in [4.78, 5) is 0. The fourth-order valence-electron chi connectivity index (χ4n) is 2.94. The third-order valence-electron chi connectivity index (χ3n) is 3.95. The number of benzene rings is 1. The van der Waals surface area contributed by atoms with Crippen molar-refractivity contribution in [1.29, 1.82) is 0 Å². The fraction of sp³-hybridized carbons (Fsp3) is 0.571.